The summed E-state index contributed by atoms with van der Waals surface area (Å²) >= 11 is 0. The van der Waals surface area contributed by atoms with Gasteiger partial charge in [-0.25, -0.2) is 0 Å². The molecule has 2 aliphatic rings. The molecule has 0 aliphatic carbocycles. The van der Waals surface area contributed by atoms with Crippen LogP contribution in [0.15, 0.2) is 48.5 Å². The van der Waals surface area contributed by atoms with Crippen LogP contribution in [0.5, 0.6) is 5.75 Å². The van der Waals surface area contributed by atoms with E-state index in [9.17, 15) is 9.59 Å². The average molecular weight is 393 g/mol. The molecule has 2 aromatic rings. The van der Waals surface area contributed by atoms with Gasteiger partial charge in [-0.3, -0.25) is 14.5 Å². The second-order valence-corrected chi connectivity index (χ2v) is 7.48. The molecule has 0 unspecified atom stereocenters. The summed E-state index contributed by atoms with van der Waals surface area (Å²) in [6, 6.07) is 15.4. The summed E-state index contributed by atoms with van der Waals surface area (Å²) < 4.78 is 5.22. The molecule has 4 rings (SSSR count). The SMILES string of the molecule is CCC(=O)N1c2ccccc2C[C@@H]1C(=O)N1CCN(c2ccc(OC)cc2)CC1. The summed E-state index contributed by atoms with van der Waals surface area (Å²) in [6.07, 6.45) is 0.989. The summed E-state index contributed by atoms with van der Waals surface area (Å²) in [4.78, 5) is 31.8. The first-order valence-electron chi connectivity index (χ1n) is 10.2. The number of ether oxygens (including phenoxy) is 1. The molecule has 1 atom stereocenters. The number of hydrogen-bond donors (Lipinski definition) is 0. The topological polar surface area (TPSA) is 53.1 Å². The number of carbonyl (C=O) groups excluding carboxylic acids is 2. The third-order valence-corrected chi connectivity index (χ3v) is 5.86. The standard InChI is InChI=1S/C23H27N3O3/c1-3-22(27)26-20-7-5-4-6-17(20)16-21(26)23(28)25-14-12-24(13-15-25)18-8-10-19(29-2)11-9-18/h4-11,21H,3,12-16H2,1-2H3/t21-/m1/s1. The fraction of sp³-hybridized carbons (Fsp3) is 0.391. The van der Waals surface area contributed by atoms with Crippen LogP contribution in [0.4, 0.5) is 11.4 Å². The minimum atomic E-state index is -0.424. The number of nitrogens with zero attached hydrogens (tertiary/aromatic N) is 3. The fourth-order valence-corrected chi connectivity index (χ4v) is 4.25. The molecule has 29 heavy (non-hydrogen) atoms. The number of carbonyl (C=O) groups is 2. The van der Waals surface area contributed by atoms with E-state index in [4.69, 9.17) is 4.74 Å². The van der Waals surface area contributed by atoms with E-state index in [1.54, 1.807) is 12.0 Å². The molecule has 152 valence electrons. The van der Waals surface area contributed by atoms with Gasteiger partial charge < -0.3 is 14.5 Å². The number of amides is 2. The molecule has 6 nitrogen and oxygen atoms in total. The molecule has 1 fully saturated rings. The van der Waals surface area contributed by atoms with Crippen molar-refractivity contribution >= 4 is 23.2 Å². The molecule has 0 radical (unpaired) electrons. The van der Waals surface area contributed by atoms with Gasteiger partial charge in [-0.15, -0.1) is 0 Å². The third kappa shape index (κ3) is 3.67. The first kappa shape index (κ1) is 19.3. The van der Waals surface area contributed by atoms with E-state index in [1.165, 1.54) is 0 Å². The zero-order valence-corrected chi connectivity index (χ0v) is 17.0. The molecular formula is C23H27N3O3. The minimum Gasteiger partial charge on any atom is -0.497 e. The van der Waals surface area contributed by atoms with Crippen molar-refractivity contribution in [2.24, 2.45) is 0 Å². The van der Waals surface area contributed by atoms with Crippen molar-refractivity contribution in [1.82, 2.24) is 4.90 Å². The Morgan fingerprint density at radius 1 is 1.00 bits per heavy atom. The number of benzene rings is 2. The molecule has 0 bridgehead atoms. The number of piperazine rings is 1. The maximum atomic E-state index is 13.3. The average Bonchev–Trinajstić information content (AvgIpc) is 3.18. The summed E-state index contributed by atoms with van der Waals surface area (Å²) in [6.45, 7) is 4.72. The Hall–Kier alpha value is -3.02. The van der Waals surface area contributed by atoms with E-state index in [-0.39, 0.29) is 11.8 Å². The van der Waals surface area contributed by atoms with Crippen LogP contribution in [0.2, 0.25) is 0 Å². The first-order valence-corrected chi connectivity index (χ1v) is 10.2. The predicted molar refractivity (Wildman–Crippen MR) is 113 cm³/mol. The number of fused-ring (bicyclic) bond motifs is 1. The van der Waals surface area contributed by atoms with Gasteiger partial charge in [0.2, 0.25) is 11.8 Å². The highest BCUT2D eigenvalue weighted by Gasteiger charge is 2.40. The monoisotopic (exact) mass is 393 g/mol. The Morgan fingerprint density at radius 3 is 2.34 bits per heavy atom. The Kier molecular flexibility index (Phi) is 5.43. The van der Waals surface area contributed by atoms with Crippen molar-refractivity contribution in [1.29, 1.82) is 0 Å². The lowest BCUT2D eigenvalue weighted by molar-refractivity contribution is -0.134. The van der Waals surface area contributed by atoms with E-state index in [1.807, 2.05) is 60.4 Å². The second-order valence-electron chi connectivity index (χ2n) is 7.48. The molecule has 2 aliphatic heterocycles. The Bertz CT molecular complexity index is 888. The highest BCUT2D eigenvalue weighted by atomic mass is 16.5. The number of anilines is 2. The summed E-state index contributed by atoms with van der Waals surface area (Å²) in [5.41, 5.74) is 3.09. The van der Waals surface area contributed by atoms with Gasteiger partial charge >= 0.3 is 0 Å². The molecule has 1 saturated heterocycles. The highest BCUT2D eigenvalue weighted by Crippen LogP contribution is 2.33. The quantitative estimate of drug-likeness (QED) is 0.802. The molecule has 0 saturated carbocycles. The van der Waals surface area contributed by atoms with E-state index in [2.05, 4.69) is 4.90 Å². The van der Waals surface area contributed by atoms with E-state index < -0.39 is 6.04 Å². The Balaban J connectivity index is 1.44. The van der Waals surface area contributed by atoms with Gasteiger partial charge in [0.15, 0.2) is 0 Å². The van der Waals surface area contributed by atoms with Crippen LogP contribution in [0.25, 0.3) is 0 Å². The van der Waals surface area contributed by atoms with Gasteiger partial charge in [-0.05, 0) is 35.9 Å². The van der Waals surface area contributed by atoms with Crippen LogP contribution in [0.3, 0.4) is 0 Å². The van der Waals surface area contributed by atoms with Crippen molar-refractivity contribution in [3.05, 3.63) is 54.1 Å². The Labute approximate surface area is 171 Å². The molecule has 6 heteroatoms. The molecule has 2 aromatic carbocycles. The first-order chi connectivity index (χ1) is 14.1. The van der Waals surface area contributed by atoms with Crippen molar-refractivity contribution in [3.63, 3.8) is 0 Å². The highest BCUT2D eigenvalue weighted by molar-refractivity contribution is 6.03. The molecule has 0 N–H and O–H groups in total. The lowest BCUT2D eigenvalue weighted by Gasteiger charge is -2.38. The summed E-state index contributed by atoms with van der Waals surface area (Å²) in [5, 5.41) is 0. The number of hydrogen-bond acceptors (Lipinski definition) is 4. The predicted octanol–water partition coefficient (Wildman–Crippen LogP) is 2.71. The normalized spacial score (nSPS) is 18.6. The van der Waals surface area contributed by atoms with E-state index in [0.717, 1.165) is 35.8 Å². The maximum Gasteiger partial charge on any atom is 0.246 e. The van der Waals surface area contributed by atoms with Crippen LogP contribution in [-0.2, 0) is 16.0 Å². The van der Waals surface area contributed by atoms with Crippen molar-refractivity contribution < 1.29 is 14.3 Å². The smallest absolute Gasteiger partial charge is 0.246 e. The van der Waals surface area contributed by atoms with E-state index in [0.29, 0.717) is 25.9 Å². The van der Waals surface area contributed by atoms with Crippen LogP contribution in [-0.4, -0.2) is 56.0 Å². The van der Waals surface area contributed by atoms with Crippen molar-refractivity contribution in [3.8, 4) is 5.75 Å². The van der Waals surface area contributed by atoms with Gasteiger partial charge in [-0.2, -0.15) is 0 Å². The van der Waals surface area contributed by atoms with Gasteiger partial charge in [-0.1, -0.05) is 25.1 Å². The number of rotatable bonds is 4. The zero-order chi connectivity index (χ0) is 20.4. The summed E-state index contributed by atoms with van der Waals surface area (Å²) in [7, 11) is 1.66. The fourth-order valence-electron chi connectivity index (χ4n) is 4.25. The van der Waals surface area contributed by atoms with Crippen LogP contribution in [0, 0.1) is 0 Å². The van der Waals surface area contributed by atoms with Gasteiger partial charge in [0.05, 0.1) is 7.11 Å². The Morgan fingerprint density at radius 2 is 1.69 bits per heavy atom. The van der Waals surface area contributed by atoms with E-state index >= 15 is 0 Å². The van der Waals surface area contributed by atoms with Crippen molar-refractivity contribution in [2.75, 3.05) is 43.1 Å². The third-order valence-electron chi connectivity index (χ3n) is 5.86. The second kappa shape index (κ2) is 8.15. The minimum absolute atomic E-state index is 0.00479. The molecule has 0 spiro atoms. The van der Waals surface area contributed by atoms with Gasteiger partial charge in [0, 0.05) is 50.4 Å². The molecule has 2 heterocycles. The molecule has 0 aromatic heterocycles. The van der Waals surface area contributed by atoms with Gasteiger partial charge in [0.25, 0.3) is 0 Å². The van der Waals surface area contributed by atoms with Crippen molar-refractivity contribution in [2.45, 2.75) is 25.8 Å². The number of para-hydroxylation sites is 1. The lowest BCUT2D eigenvalue weighted by atomic mass is 10.1. The van der Waals surface area contributed by atoms with Crippen LogP contribution in [0.1, 0.15) is 18.9 Å². The largest absolute Gasteiger partial charge is 0.497 e. The van der Waals surface area contributed by atoms with Crippen LogP contribution >= 0.6 is 0 Å². The summed E-state index contributed by atoms with van der Waals surface area (Å²) in [5.74, 6) is 0.895. The van der Waals surface area contributed by atoms with Crippen LogP contribution < -0.4 is 14.5 Å². The molecular weight excluding hydrogens is 366 g/mol. The zero-order valence-electron chi connectivity index (χ0n) is 17.0. The number of methoxy groups -OCH3 is 1. The molecule has 2 amide bonds. The lowest BCUT2D eigenvalue weighted by Crippen LogP contribution is -2.55. The van der Waals surface area contributed by atoms with Gasteiger partial charge in [0.1, 0.15) is 11.8 Å². The maximum absolute atomic E-state index is 13.3.